The average Bonchev–Trinajstić information content (AvgIpc) is 2.61. The number of anilines is 1. The van der Waals surface area contributed by atoms with Gasteiger partial charge in [0, 0.05) is 5.56 Å². The SMILES string of the molecule is COc1ccc(COc2ccccc2-c2ccc(N)nn2)cc1. The maximum absolute atomic E-state index is 5.94. The van der Waals surface area contributed by atoms with Crippen molar-refractivity contribution in [1.29, 1.82) is 0 Å². The van der Waals surface area contributed by atoms with Crippen LogP contribution in [-0.4, -0.2) is 17.3 Å². The van der Waals surface area contributed by atoms with Gasteiger partial charge in [-0.3, -0.25) is 0 Å². The second-order valence-electron chi connectivity index (χ2n) is 4.98. The van der Waals surface area contributed by atoms with Crippen LogP contribution in [0.15, 0.2) is 60.7 Å². The van der Waals surface area contributed by atoms with Crippen molar-refractivity contribution in [3.05, 3.63) is 66.2 Å². The molecule has 0 saturated carbocycles. The predicted molar refractivity (Wildman–Crippen MR) is 89.2 cm³/mol. The van der Waals surface area contributed by atoms with Gasteiger partial charge in [0.15, 0.2) is 0 Å². The molecule has 1 aromatic heterocycles. The van der Waals surface area contributed by atoms with E-state index in [1.165, 1.54) is 0 Å². The number of nitrogens with zero attached hydrogens (tertiary/aromatic N) is 2. The summed E-state index contributed by atoms with van der Waals surface area (Å²) in [6, 6.07) is 19.1. The minimum atomic E-state index is 0.394. The highest BCUT2D eigenvalue weighted by atomic mass is 16.5. The molecule has 3 rings (SSSR count). The molecular weight excluding hydrogens is 290 g/mol. The third-order valence-electron chi connectivity index (χ3n) is 3.40. The lowest BCUT2D eigenvalue weighted by Gasteiger charge is -2.11. The monoisotopic (exact) mass is 307 g/mol. The van der Waals surface area contributed by atoms with Crippen LogP contribution in [0.2, 0.25) is 0 Å². The number of nitrogens with two attached hydrogens (primary N) is 1. The Hall–Kier alpha value is -3.08. The Morgan fingerprint density at radius 1 is 0.913 bits per heavy atom. The summed E-state index contributed by atoms with van der Waals surface area (Å²) in [5.41, 5.74) is 8.25. The van der Waals surface area contributed by atoms with Gasteiger partial charge in [-0.15, -0.1) is 10.2 Å². The van der Waals surface area contributed by atoms with E-state index in [2.05, 4.69) is 10.2 Å². The topological polar surface area (TPSA) is 70.3 Å². The van der Waals surface area contributed by atoms with Gasteiger partial charge in [0.05, 0.1) is 12.8 Å². The predicted octanol–water partition coefficient (Wildman–Crippen LogP) is 3.31. The van der Waals surface area contributed by atoms with E-state index in [9.17, 15) is 0 Å². The van der Waals surface area contributed by atoms with Crippen LogP contribution in [0.3, 0.4) is 0 Å². The Bertz CT molecular complexity index is 771. The number of nitrogen functional groups attached to an aromatic ring is 1. The number of benzene rings is 2. The minimum absolute atomic E-state index is 0.394. The summed E-state index contributed by atoms with van der Waals surface area (Å²) in [5, 5.41) is 8.01. The first-order chi connectivity index (χ1) is 11.3. The first-order valence-electron chi connectivity index (χ1n) is 7.20. The van der Waals surface area contributed by atoms with Gasteiger partial charge in [-0.25, -0.2) is 0 Å². The van der Waals surface area contributed by atoms with Gasteiger partial charge in [-0.05, 0) is 42.0 Å². The normalized spacial score (nSPS) is 10.3. The molecule has 0 amide bonds. The average molecular weight is 307 g/mol. The summed E-state index contributed by atoms with van der Waals surface area (Å²) in [6.45, 7) is 0.462. The van der Waals surface area contributed by atoms with Crippen LogP contribution in [-0.2, 0) is 6.61 Å². The highest BCUT2D eigenvalue weighted by Crippen LogP contribution is 2.28. The van der Waals surface area contributed by atoms with Gasteiger partial charge in [0.2, 0.25) is 0 Å². The Morgan fingerprint density at radius 2 is 1.70 bits per heavy atom. The molecular formula is C18H17N3O2. The van der Waals surface area contributed by atoms with Gasteiger partial charge in [-0.2, -0.15) is 0 Å². The van der Waals surface area contributed by atoms with Crippen molar-refractivity contribution in [2.24, 2.45) is 0 Å². The molecule has 0 fully saturated rings. The fourth-order valence-electron chi connectivity index (χ4n) is 2.17. The van der Waals surface area contributed by atoms with Crippen LogP contribution in [0.1, 0.15) is 5.56 Å². The third-order valence-corrected chi connectivity index (χ3v) is 3.40. The second-order valence-corrected chi connectivity index (χ2v) is 4.98. The summed E-state index contributed by atoms with van der Waals surface area (Å²) < 4.78 is 11.1. The van der Waals surface area contributed by atoms with E-state index in [0.29, 0.717) is 12.4 Å². The summed E-state index contributed by atoms with van der Waals surface area (Å²) in [4.78, 5) is 0. The summed E-state index contributed by atoms with van der Waals surface area (Å²) in [5.74, 6) is 1.97. The summed E-state index contributed by atoms with van der Waals surface area (Å²) >= 11 is 0. The first kappa shape index (κ1) is 14.8. The Labute approximate surface area is 134 Å². The molecule has 116 valence electrons. The van der Waals surface area contributed by atoms with Gasteiger partial charge in [-0.1, -0.05) is 24.3 Å². The van der Waals surface area contributed by atoms with Crippen molar-refractivity contribution >= 4 is 5.82 Å². The number of ether oxygens (including phenoxy) is 2. The fourth-order valence-corrected chi connectivity index (χ4v) is 2.17. The molecule has 5 nitrogen and oxygen atoms in total. The maximum Gasteiger partial charge on any atom is 0.146 e. The van der Waals surface area contributed by atoms with E-state index in [1.54, 1.807) is 13.2 Å². The molecule has 23 heavy (non-hydrogen) atoms. The summed E-state index contributed by atoms with van der Waals surface area (Å²) in [7, 11) is 1.65. The molecule has 0 bridgehead atoms. The van der Waals surface area contributed by atoms with Gasteiger partial charge < -0.3 is 15.2 Å². The quantitative estimate of drug-likeness (QED) is 0.783. The molecule has 0 aliphatic carbocycles. The van der Waals surface area contributed by atoms with E-state index >= 15 is 0 Å². The molecule has 0 spiro atoms. The molecule has 0 aliphatic rings. The van der Waals surface area contributed by atoms with Crippen molar-refractivity contribution in [1.82, 2.24) is 10.2 Å². The van der Waals surface area contributed by atoms with Crippen molar-refractivity contribution < 1.29 is 9.47 Å². The van der Waals surface area contributed by atoms with Crippen LogP contribution < -0.4 is 15.2 Å². The minimum Gasteiger partial charge on any atom is -0.497 e. The number of aromatic nitrogens is 2. The van der Waals surface area contributed by atoms with E-state index in [-0.39, 0.29) is 0 Å². The number of rotatable bonds is 5. The Balaban J connectivity index is 1.78. The molecule has 0 atom stereocenters. The molecule has 3 aromatic rings. The fraction of sp³-hybridized carbons (Fsp3) is 0.111. The van der Waals surface area contributed by atoms with E-state index in [4.69, 9.17) is 15.2 Å². The van der Waals surface area contributed by atoms with Gasteiger partial charge >= 0.3 is 0 Å². The van der Waals surface area contributed by atoms with Crippen molar-refractivity contribution in [2.75, 3.05) is 12.8 Å². The second kappa shape index (κ2) is 6.79. The standard InChI is InChI=1S/C18H17N3O2/c1-22-14-8-6-13(7-9-14)12-23-17-5-3-2-4-15(17)16-10-11-18(19)21-20-16/h2-11H,12H2,1H3,(H2,19,21). The molecule has 1 heterocycles. The lowest BCUT2D eigenvalue weighted by atomic mass is 10.1. The Kier molecular flexibility index (Phi) is 4.38. The van der Waals surface area contributed by atoms with Crippen LogP contribution >= 0.6 is 0 Å². The molecule has 0 aliphatic heterocycles. The highest BCUT2D eigenvalue weighted by Gasteiger charge is 2.08. The van der Waals surface area contributed by atoms with Gasteiger partial charge in [0.1, 0.15) is 23.9 Å². The van der Waals surface area contributed by atoms with Crippen molar-refractivity contribution in [3.8, 4) is 22.8 Å². The molecule has 0 saturated heterocycles. The van der Waals surface area contributed by atoms with Gasteiger partial charge in [0.25, 0.3) is 0 Å². The largest absolute Gasteiger partial charge is 0.497 e. The molecule has 0 unspecified atom stereocenters. The van der Waals surface area contributed by atoms with E-state index in [1.807, 2.05) is 54.6 Å². The lowest BCUT2D eigenvalue weighted by molar-refractivity contribution is 0.307. The highest BCUT2D eigenvalue weighted by molar-refractivity contribution is 5.67. The van der Waals surface area contributed by atoms with Crippen LogP contribution in [0.4, 0.5) is 5.82 Å². The van der Waals surface area contributed by atoms with Crippen LogP contribution in [0.25, 0.3) is 11.3 Å². The maximum atomic E-state index is 5.94. The number of para-hydroxylation sites is 1. The Morgan fingerprint density at radius 3 is 2.39 bits per heavy atom. The van der Waals surface area contributed by atoms with Crippen LogP contribution in [0.5, 0.6) is 11.5 Å². The zero-order valence-corrected chi connectivity index (χ0v) is 12.8. The van der Waals surface area contributed by atoms with Crippen molar-refractivity contribution in [3.63, 3.8) is 0 Å². The number of hydrogen-bond acceptors (Lipinski definition) is 5. The lowest BCUT2D eigenvalue weighted by Crippen LogP contribution is -1.99. The molecule has 2 N–H and O–H groups in total. The van der Waals surface area contributed by atoms with E-state index < -0.39 is 0 Å². The third kappa shape index (κ3) is 3.58. The van der Waals surface area contributed by atoms with E-state index in [0.717, 1.165) is 28.3 Å². The van der Waals surface area contributed by atoms with Crippen LogP contribution in [0, 0.1) is 0 Å². The molecule has 2 aromatic carbocycles. The van der Waals surface area contributed by atoms with Crippen molar-refractivity contribution in [2.45, 2.75) is 6.61 Å². The number of hydrogen-bond donors (Lipinski definition) is 1. The molecule has 5 heteroatoms. The summed E-state index contributed by atoms with van der Waals surface area (Å²) in [6.07, 6.45) is 0. The first-order valence-corrected chi connectivity index (χ1v) is 7.20. The number of methoxy groups -OCH3 is 1. The zero-order valence-electron chi connectivity index (χ0n) is 12.8. The zero-order chi connectivity index (χ0) is 16.1. The molecule has 0 radical (unpaired) electrons. The smallest absolute Gasteiger partial charge is 0.146 e.